The van der Waals surface area contributed by atoms with Crippen molar-refractivity contribution in [3.05, 3.63) is 42.0 Å². The molecule has 1 aromatic rings. The molecule has 1 aromatic carbocycles. The van der Waals surface area contributed by atoms with Gasteiger partial charge in [-0.05, 0) is 42.2 Å². The average molecular weight is 308 g/mol. The minimum atomic E-state index is -0.234. The topological polar surface area (TPSA) is 70.0 Å². The monoisotopic (exact) mass is 308 g/mol. The number of phenols is 1. The van der Waals surface area contributed by atoms with E-state index in [1.807, 2.05) is 0 Å². The Morgan fingerprint density at radius 2 is 1.65 bits per heavy atom. The van der Waals surface area contributed by atoms with Gasteiger partial charge in [-0.3, -0.25) is 9.59 Å². The van der Waals surface area contributed by atoms with E-state index < -0.39 is 0 Å². The van der Waals surface area contributed by atoms with Crippen molar-refractivity contribution >= 4 is 18.0 Å². The number of hydrazone groups is 1. The molecule has 0 spiro atoms. The van der Waals surface area contributed by atoms with Crippen molar-refractivity contribution in [1.29, 1.82) is 0 Å². The molecule has 0 unspecified atom stereocenters. The van der Waals surface area contributed by atoms with Crippen molar-refractivity contribution < 1.29 is 14.7 Å². The molecule has 1 saturated heterocycles. The van der Waals surface area contributed by atoms with Gasteiger partial charge < -0.3 is 5.11 Å². The molecule has 2 bridgehead atoms. The quantitative estimate of drug-likeness (QED) is 0.514. The number of rotatable bonds is 2. The third-order valence-corrected chi connectivity index (χ3v) is 5.89. The largest absolute Gasteiger partial charge is 0.507 e. The van der Waals surface area contributed by atoms with Gasteiger partial charge in [-0.2, -0.15) is 10.1 Å². The van der Waals surface area contributed by atoms with Crippen molar-refractivity contribution in [3.8, 4) is 5.75 Å². The van der Waals surface area contributed by atoms with Gasteiger partial charge in [0.2, 0.25) is 0 Å². The Morgan fingerprint density at radius 1 is 1.04 bits per heavy atom. The van der Waals surface area contributed by atoms with Gasteiger partial charge in [0.15, 0.2) is 0 Å². The SMILES string of the molecule is O=C1[C@@H]2[C@H]3C=C[C@@H]([C@@H]4C[C@H]34)[C@H]2C(=O)N1N=Cc1ccccc1O. The van der Waals surface area contributed by atoms with Gasteiger partial charge in [0.1, 0.15) is 5.75 Å². The summed E-state index contributed by atoms with van der Waals surface area (Å²) in [6.45, 7) is 0. The van der Waals surface area contributed by atoms with Crippen LogP contribution >= 0.6 is 0 Å². The maximum atomic E-state index is 12.7. The van der Waals surface area contributed by atoms with Crippen LogP contribution < -0.4 is 0 Å². The molecule has 1 N–H and O–H groups in total. The van der Waals surface area contributed by atoms with E-state index in [9.17, 15) is 14.7 Å². The van der Waals surface area contributed by atoms with Gasteiger partial charge >= 0.3 is 0 Å². The second-order valence-corrected chi connectivity index (χ2v) is 6.95. The zero-order chi connectivity index (χ0) is 15.7. The van der Waals surface area contributed by atoms with Crippen LogP contribution in [-0.2, 0) is 9.59 Å². The Hall–Kier alpha value is -2.43. The van der Waals surface area contributed by atoms with Crippen molar-refractivity contribution in [3.63, 3.8) is 0 Å². The molecular formula is C18H16N2O3. The number of para-hydroxylation sites is 1. The van der Waals surface area contributed by atoms with Crippen molar-refractivity contribution in [2.45, 2.75) is 6.42 Å². The molecule has 0 aromatic heterocycles. The summed E-state index contributed by atoms with van der Waals surface area (Å²) in [5, 5.41) is 14.9. The number of hydrogen-bond acceptors (Lipinski definition) is 4. The third-order valence-electron chi connectivity index (χ3n) is 5.89. The lowest BCUT2D eigenvalue weighted by Gasteiger charge is -2.37. The summed E-state index contributed by atoms with van der Waals surface area (Å²) in [5.74, 6) is 0.831. The highest BCUT2D eigenvalue weighted by Gasteiger charge is 2.67. The van der Waals surface area contributed by atoms with Crippen LogP contribution in [0.3, 0.4) is 0 Å². The Bertz CT molecular complexity index is 748. The van der Waals surface area contributed by atoms with Gasteiger partial charge in [0, 0.05) is 5.56 Å². The molecule has 116 valence electrons. The molecule has 2 amide bonds. The van der Waals surface area contributed by atoms with Crippen LogP contribution in [-0.4, -0.2) is 28.1 Å². The number of carbonyl (C=O) groups excluding carboxylic acids is 2. The second kappa shape index (κ2) is 4.31. The van der Waals surface area contributed by atoms with Crippen LogP contribution in [0.15, 0.2) is 41.5 Å². The summed E-state index contributed by atoms with van der Waals surface area (Å²) >= 11 is 0. The summed E-state index contributed by atoms with van der Waals surface area (Å²) in [7, 11) is 0. The first kappa shape index (κ1) is 13.0. The highest BCUT2D eigenvalue weighted by molar-refractivity contribution is 6.06. The highest BCUT2D eigenvalue weighted by atomic mass is 16.3. The Morgan fingerprint density at radius 3 is 2.26 bits per heavy atom. The van der Waals surface area contributed by atoms with Crippen LogP contribution in [0.2, 0.25) is 0 Å². The number of carbonyl (C=O) groups is 2. The molecule has 5 nitrogen and oxygen atoms in total. The van der Waals surface area contributed by atoms with Gasteiger partial charge in [0.25, 0.3) is 11.8 Å². The van der Waals surface area contributed by atoms with Crippen LogP contribution in [0.25, 0.3) is 0 Å². The lowest BCUT2D eigenvalue weighted by atomic mass is 9.63. The zero-order valence-corrected chi connectivity index (χ0v) is 12.4. The van der Waals surface area contributed by atoms with E-state index in [1.165, 1.54) is 6.21 Å². The summed E-state index contributed by atoms with van der Waals surface area (Å²) < 4.78 is 0. The van der Waals surface area contributed by atoms with Crippen LogP contribution in [0, 0.1) is 35.5 Å². The molecule has 5 aliphatic rings. The lowest BCUT2D eigenvalue weighted by molar-refractivity contribution is -0.140. The number of aromatic hydroxyl groups is 1. The van der Waals surface area contributed by atoms with E-state index in [4.69, 9.17) is 0 Å². The number of amides is 2. The van der Waals surface area contributed by atoms with Gasteiger partial charge in [-0.25, -0.2) is 0 Å². The number of benzene rings is 1. The lowest BCUT2D eigenvalue weighted by Crippen LogP contribution is -2.40. The minimum absolute atomic E-state index is 0.0794. The number of nitrogens with zero attached hydrogens (tertiary/aromatic N) is 2. The van der Waals surface area contributed by atoms with E-state index in [1.54, 1.807) is 24.3 Å². The Balaban J connectivity index is 1.47. The summed E-state index contributed by atoms with van der Waals surface area (Å²) in [4.78, 5) is 25.4. The van der Waals surface area contributed by atoms with Crippen LogP contribution in [0.4, 0.5) is 0 Å². The Labute approximate surface area is 133 Å². The molecule has 0 radical (unpaired) electrons. The predicted octanol–water partition coefficient (Wildman–Crippen LogP) is 1.78. The fourth-order valence-corrected chi connectivity index (χ4v) is 4.77. The number of allylic oxidation sites excluding steroid dienone is 2. The number of imide groups is 1. The van der Waals surface area contributed by atoms with Gasteiger partial charge in [-0.1, -0.05) is 24.3 Å². The number of hydrogen-bond donors (Lipinski definition) is 1. The molecule has 6 rings (SSSR count). The molecule has 3 fully saturated rings. The molecule has 1 aliphatic heterocycles. The molecule has 1 heterocycles. The first-order valence-electron chi connectivity index (χ1n) is 8.05. The van der Waals surface area contributed by atoms with Crippen molar-refractivity contribution in [2.75, 3.05) is 0 Å². The summed E-state index contributed by atoms with van der Waals surface area (Å²) in [6, 6.07) is 6.72. The molecule has 4 aliphatic carbocycles. The summed E-state index contributed by atoms with van der Waals surface area (Å²) in [6.07, 6.45) is 6.82. The second-order valence-electron chi connectivity index (χ2n) is 6.95. The Kier molecular flexibility index (Phi) is 2.45. The highest BCUT2D eigenvalue weighted by Crippen LogP contribution is 2.65. The third kappa shape index (κ3) is 1.65. The first-order valence-corrected chi connectivity index (χ1v) is 8.05. The van der Waals surface area contributed by atoms with Crippen molar-refractivity contribution in [2.24, 2.45) is 40.6 Å². The maximum Gasteiger partial charge on any atom is 0.254 e. The van der Waals surface area contributed by atoms with E-state index in [0.29, 0.717) is 17.4 Å². The van der Waals surface area contributed by atoms with Crippen LogP contribution in [0.1, 0.15) is 12.0 Å². The van der Waals surface area contributed by atoms with Gasteiger partial charge in [-0.15, -0.1) is 0 Å². The molecule has 5 heteroatoms. The fourth-order valence-electron chi connectivity index (χ4n) is 4.77. The van der Waals surface area contributed by atoms with E-state index in [2.05, 4.69) is 17.3 Å². The standard InChI is InChI=1S/C18H16N2O3/c21-14-4-2-1-3-9(14)8-19-20-17(22)15-10-5-6-11(13-7-12(10)13)16(15)18(20)23/h1-6,8,10-13,15-16,21H,7H2/t10-,11-,12-,13+,15+,16+/m0/s1. The maximum absolute atomic E-state index is 12.7. The van der Waals surface area contributed by atoms with Crippen molar-refractivity contribution in [1.82, 2.24) is 5.01 Å². The number of phenolic OH excluding ortho intramolecular Hbond substituents is 1. The molecular weight excluding hydrogens is 292 g/mol. The molecule has 2 saturated carbocycles. The zero-order valence-electron chi connectivity index (χ0n) is 12.4. The fraction of sp³-hybridized carbons (Fsp3) is 0.389. The summed E-state index contributed by atoms with van der Waals surface area (Å²) in [5.41, 5.74) is 0.493. The van der Waals surface area contributed by atoms with Crippen LogP contribution in [0.5, 0.6) is 5.75 Å². The van der Waals surface area contributed by atoms with E-state index in [-0.39, 0.29) is 41.2 Å². The first-order chi connectivity index (χ1) is 11.2. The predicted molar refractivity (Wildman–Crippen MR) is 82.3 cm³/mol. The smallest absolute Gasteiger partial charge is 0.254 e. The molecule has 6 atom stereocenters. The van der Waals surface area contributed by atoms with E-state index >= 15 is 0 Å². The average Bonchev–Trinajstić information content (AvgIpc) is 3.33. The minimum Gasteiger partial charge on any atom is -0.507 e. The molecule has 23 heavy (non-hydrogen) atoms. The normalized spacial score (nSPS) is 39.9. The van der Waals surface area contributed by atoms with Gasteiger partial charge in [0.05, 0.1) is 18.1 Å². The van der Waals surface area contributed by atoms with E-state index in [0.717, 1.165) is 11.4 Å².